The Morgan fingerprint density at radius 2 is 2.21 bits per heavy atom. The number of aliphatic imine (C=N–C) groups is 1. The van der Waals surface area contributed by atoms with Crippen LogP contribution in [0.25, 0.3) is 0 Å². The van der Waals surface area contributed by atoms with Gasteiger partial charge in [-0.3, -0.25) is 0 Å². The van der Waals surface area contributed by atoms with Gasteiger partial charge in [0.1, 0.15) is 6.10 Å². The Morgan fingerprint density at radius 1 is 1.38 bits per heavy atom. The molecule has 24 heavy (non-hydrogen) atoms. The number of nitrogens with zero attached hydrogens (tertiary/aromatic N) is 3. The van der Waals surface area contributed by atoms with Gasteiger partial charge in [-0.15, -0.1) is 0 Å². The van der Waals surface area contributed by atoms with Crippen LogP contribution in [0.15, 0.2) is 48.0 Å². The number of nitrogens with one attached hydrogen (secondary N) is 2. The predicted octanol–water partition coefficient (Wildman–Crippen LogP) is 2.04. The normalized spacial score (nSPS) is 12.7. The number of benzene rings is 1. The molecule has 0 saturated carbocycles. The first kappa shape index (κ1) is 17.8. The minimum absolute atomic E-state index is 0.231. The zero-order valence-electron chi connectivity index (χ0n) is 14.1. The number of para-hydroxylation sites is 1. The van der Waals surface area contributed by atoms with Crippen molar-refractivity contribution in [1.29, 1.82) is 0 Å². The van der Waals surface area contributed by atoms with E-state index in [1.807, 2.05) is 24.6 Å². The van der Waals surface area contributed by atoms with Gasteiger partial charge in [0, 0.05) is 32.0 Å². The lowest BCUT2D eigenvalue weighted by Gasteiger charge is -2.15. The number of hydrogen-bond donors (Lipinski definition) is 2. The van der Waals surface area contributed by atoms with E-state index in [0.29, 0.717) is 12.5 Å². The molecule has 1 aromatic heterocycles. The molecule has 2 N–H and O–H groups in total. The minimum atomic E-state index is -0.362. The van der Waals surface area contributed by atoms with Gasteiger partial charge in [-0.05, 0) is 26.0 Å². The highest BCUT2D eigenvalue weighted by molar-refractivity contribution is 5.79. The third kappa shape index (κ3) is 5.91. The van der Waals surface area contributed by atoms with Crippen LogP contribution in [0.4, 0.5) is 4.39 Å². The second-order valence-corrected chi connectivity index (χ2v) is 5.31. The van der Waals surface area contributed by atoms with Crippen LogP contribution in [0.3, 0.4) is 0 Å². The molecule has 1 atom stereocenters. The molecule has 0 aliphatic heterocycles. The van der Waals surface area contributed by atoms with Crippen LogP contribution < -0.4 is 15.4 Å². The van der Waals surface area contributed by atoms with Crippen molar-refractivity contribution in [3.05, 3.63) is 48.8 Å². The Balaban J connectivity index is 1.81. The van der Waals surface area contributed by atoms with Gasteiger partial charge < -0.3 is 19.9 Å². The fourth-order valence-electron chi connectivity index (χ4n) is 2.08. The van der Waals surface area contributed by atoms with E-state index in [1.165, 1.54) is 6.07 Å². The van der Waals surface area contributed by atoms with Crippen LogP contribution in [0.2, 0.25) is 0 Å². The lowest BCUT2D eigenvalue weighted by atomic mass is 10.3. The third-order valence-electron chi connectivity index (χ3n) is 3.24. The lowest BCUT2D eigenvalue weighted by Crippen LogP contribution is -2.39. The van der Waals surface area contributed by atoms with Crippen LogP contribution in [0.5, 0.6) is 5.75 Å². The summed E-state index contributed by atoms with van der Waals surface area (Å²) >= 11 is 0. The standard InChI is InChI=1S/C17H24FN5O/c1-3-20-17(21-9-11-23-10-8-19-13-23)22-12-14(2)24-16-7-5-4-6-15(16)18/h4-8,10,13-14H,3,9,11-12H2,1-2H3,(H2,20,21,22). The van der Waals surface area contributed by atoms with Gasteiger partial charge in [0.15, 0.2) is 17.5 Å². The summed E-state index contributed by atoms with van der Waals surface area (Å²) < 4.78 is 21.2. The number of rotatable bonds is 8. The molecule has 0 fully saturated rings. The molecule has 0 saturated heterocycles. The number of halogens is 1. The monoisotopic (exact) mass is 333 g/mol. The van der Waals surface area contributed by atoms with Gasteiger partial charge in [0.25, 0.3) is 0 Å². The Kier molecular flexibility index (Phi) is 7.07. The third-order valence-corrected chi connectivity index (χ3v) is 3.24. The van der Waals surface area contributed by atoms with Crippen molar-refractivity contribution in [3.8, 4) is 5.75 Å². The minimum Gasteiger partial charge on any atom is -0.486 e. The van der Waals surface area contributed by atoms with Crippen molar-refractivity contribution in [3.63, 3.8) is 0 Å². The summed E-state index contributed by atoms with van der Waals surface area (Å²) in [4.78, 5) is 8.49. The smallest absolute Gasteiger partial charge is 0.191 e. The van der Waals surface area contributed by atoms with Crippen molar-refractivity contribution in [2.45, 2.75) is 26.5 Å². The molecule has 0 spiro atoms. The van der Waals surface area contributed by atoms with Crippen LogP contribution in [0, 0.1) is 5.82 Å². The van der Waals surface area contributed by atoms with Crippen LogP contribution in [-0.4, -0.2) is 41.2 Å². The van der Waals surface area contributed by atoms with E-state index in [0.717, 1.165) is 19.6 Å². The first-order valence-electron chi connectivity index (χ1n) is 8.08. The second kappa shape index (κ2) is 9.54. The van der Waals surface area contributed by atoms with E-state index in [4.69, 9.17) is 4.74 Å². The molecule has 1 aromatic carbocycles. The average Bonchev–Trinajstić information content (AvgIpc) is 3.08. The van der Waals surface area contributed by atoms with Crippen LogP contribution in [-0.2, 0) is 6.54 Å². The number of hydrogen-bond acceptors (Lipinski definition) is 3. The van der Waals surface area contributed by atoms with Crippen molar-refractivity contribution < 1.29 is 9.13 Å². The van der Waals surface area contributed by atoms with Crippen LogP contribution in [0.1, 0.15) is 13.8 Å². The molecule has 1 heterocycles. The van der Waals surface area contributed by atoms with Gasteiger partial charge in [-0.1, -0.05) is 12.1 Å². The first-order valence-corrected chi connectivity index (χ1v) is 8.08. The lowest BCUT2D eigenvalue weighted by molar-refractivity contribution is 0.220. The van der Waals surface area contributed by atoms with Crippen LogP contribution >= 0.6 is 0 Å². The van der Waals surface area contributed by atoms with E-state index in [1.54, 1.807) is 30.7 Å². The fraction of sp³-hybridized carbons (Fsp3) is 0.412. The van der Waals surface area contributed by atoms with E-state index >= 15 is 0 Å². The molecule has 2 rings (SSSR count). The molecule has 2 aromatic rings. The van der Waals surface area contributed by atoms with Crippen molar-refractivity contribution >= 4 is 5.96 Å². The first-order chi connectivity index (χ1) is 11.7. The Bertz CT molecular complexity index is 630. The summed E-state index contributed by atoms with van der Waals surface area (Å²) in [5.41, 5.74) is 0. The maximum Gasteiger partial charge on any atom is 0.191 e. The number of imidazole rings is 1. The maximum atomic E-state index is 13.6. The largest absolute Gasteiger partial charge is 0.486 e. The van der Waals surface area contributed by atoms with Crippen molar-refractivity contribution in [1.82, 2.24) is 20.2 Å². The highest BCUT2D eigenvalue weighted by Gasteiger charge is 2.08. The van der Waals surface area contributed by atoms with E-state index < -0.39 is 0 Å². The number of ether oxygens (including phenoxy) is 1. The SMILES string of the molecule is CCNC(=NCC(C)Oc1ccccc1F)NCCn1ccnc1. The summed E-state index contributed by atoms with van der Waals surface area (Å²) in [6.45, 7) is 6.59. The quantitative estimate of drug-likeness (QED) is 0.573. The highest BCUT2D eigenvalue weighted by Crippen LogP contribution is 2.16. The highest BCUT2D eigenvalue weighted by atomic mass is 19.1. The predicted molar refractivity (Wildman–Crippen MR) is 92.7 cm³/mol. The topological polar surface area (TPSA) is 63.5 Å². The number of aromatic nitrogens is 2. The molecule has 7 heteroatoms. The van der Waals surface area contributed by atoms with E-state index in [-0.39, 0.29) is 17.7 Å². The molecule has 130 valence electrons. The zero-order valence-corrected chi connectivity index (χ0v) is 14.1. The molecular formula is C17H24FN5O. The van der Waals surface area contributed by atoms with E-state index in [9.17, 15) is 4.39 Å². The Morgan fingerprint density at radius 3 is 2.92 bits per heavy atom. The average molecular weight is 333 g/mol. The molecule has 0 amide bonds. The second-order valence-electron chi connectivity index (χ2n) is 5.31. The molecular weight excluding hydrogens is 309 g/mol. The molecule has 0 aliphatic carbocycles. The summed E-state index contributed by atoms with van der Waals surface area (Å²) in [5.74, 6) is 0.596. The van der Waals surface area contributed by atoms with E-state index in [2.05, 4.69) is 20.6 Å². The van der Waals surface area contributed by atoms with Gasteiger partial charge in [-0.25, -0.2) is 14.4 Å². The summed E-state index contributed by atoms with van der Waals surface area (Å²) in [5, 5.41) is 6.43. The zero-order chi connectivity index (χ0) is 17.2. The molecule has 0 bridgehead atoms. The Hall–Kier alpha value is -2.57. The van der Waals surface area contributed by atoms with Crippen molar-refractivity contribution in [2.24, 2.45) is 4.99 Å². The molecule has 6 nitrogen and oxygen atoms in total. The van der Waals surface area contributed by atoms with Crippen molar-refractivity contribution in [2.75, 3.05) is 19.6 Å². The summed E-state index contributed by atoms with van der Waals surface area (Å²) in [7, 11) is 0. The molecule has 0 aliphatic rings. The van der Waals surface area contributed by atoms with Gasteiger partial charge in [0.05, 0.1) is 12.9 Å². The maximum absolute atomic E-state index is 13.6. The van der Waals surface area contributed by atoms with Gasteiger partial charge >= 0.3 is 0 Å². The van der Waals surface area contributed by atoms with Gasteiger partial charge in [-0.2, -0.15) is 0 Å². The summed E-state index contributed by atoms with van der Waals surface area (Å²) in [6.07, 6.45) is 5.21. The molecule has 0 radical (unpaired) electrons. The fourth-order valence-corrected chi connectivity index (χ4v) is 2.08. The number of guanidine groups is 1. The Labute approximate surface area is 141 Å². The molecule has 1 unspecified atom stereocenters. The summed E-state index contributed by atoms with van der Waals surface area (Å²) in [6, 6.07) is 6.38. The van der Waals surface area contributed by atoms with Gasteiger partial charge in [0.2, 0.25) is 0 Å².